The van der Waals surface area contributed by atoms with E-state index >= 15 is 0 Å². The van der Waals surface area contributed by atoms with Crippen LogP contribution in [0, 0.1) is 18.3 Å². The summed E-state index contributed by atoms with van der Waals surface area (Å²) in [5, 5.41) is 47.3. The molecule has 0 heterocycles. The van der Waals surface area contributed by atoms with Gasteiger partial charge in [-0.3, -0.25) is 0 Å². The Balaban J connectivity index is 3.06. The van der Waals surface area contributed by atoms with Gasteiger partial charge in [0.15, 0.2) is 5.60 Å². The average Bonchev–Trinajstić information content (AvgIpc) is 2.21. The largest absolute Gasteiger partial charge is 0.390 e. The van der Waals surface area contributed by atoms with E-state index in [9.17, 15) is 25.5 Å². The van der Waals surface area contributed by atoms with Gasteiger partial charge in [-0.15, -0.1) is 6.42 Å². The fourth-order valence-corrected chi connectivity index (χ4v) is 1.69. The fourth-order valence-electron chi connectivity index (χ4n) is 1.69. The summed E-state index contributed by atoms with van der Waals surface area (Å²) in [4.78, 5) is 0. The second-order valence-electron chi connectivity index (χ2n) is 3.70. The molecule has 1 fully saturated rings. The lowest BCUT2D eigenvalue weighted by atomic mass is 9.71. The number of hydrogen-bond acceptors (Lipinski definition) is 5. The first-order valence-corrected chi connectivity index (χ1v) is 4.28. The summed E-state index contributed by atoms with van der Waals surface area (Å²) < 4.78 is 0. The van der Waals surface area contributed by atoms with Crippen LogP contribution in [-0.2, 0) is 0 Å². The molecule has 0 aromatic heterocycles. The van der Waals surface area contributed by atoms with Crippen LogP contribution in [0.25, 0.3) is 0 Å². The first kappa shape index (κ1) is 11.4. The second kappa shape index (κ2) is 3.50. The Morgan fingerprint density at radius 2 is 1.57 bits per heavy atom. The molecule has 0 unspecified atom stereocenters. The molecule has 0 aromatic rings. The molecule has 6 atom stereocenters. The monoisotopic (exact) mass is 202 g/mol. The molecule has 5 N–H and O–H groups in total. The van der Waals surface area contributed by atoms with Crippen LogP contribution in [-0.4, -0.2) is 55.5 Å². The normalized spacial score (nSPS) is 53.9. The number of aliphatic hydroxyl groups excluding tert-OH is 4. The highest BCUT2D eigenvalue weighted by Crippen LogP contribution is 2.33. The average molecular weight is 202 g/mol. The number of terminal acetylenes is 1. The maximum Gasteiger partial charge on any atom is 0.179 e. The molecule has 1 saturated carbocycles. The van der Waals surface area contributed by atoms with Gasteiger partial charge >= 0.3 is 0 Å². The van der Waals surface area contributed by atoms with E-state index in [-0.39, 0.29) is 0 Å². The number of hydrogen-bond donors (Lipinski definition) is 5. The van der Waals surface area contributed by atoms with Gasteiger partial charge in [-0.05, 0) is 0 Å². The molecule has 0 spiro atoms. The molecule has 5 nitrogen and oxygen atoms in total. The van der Waals surface area contributed by atoms with Gasteiger partial charge in [0.2, 0.25) is 0 Å². The van der Waals surface area contributed by atoms with Crippen molar-refractivity contribution in [3.8, 4) is 12.3 Å². The lowest BCUT2D eigenvalue weighted by Crippen LogP contribution is -2.67. The molecule has 0 amide bonds. The van der Waals surface area contributed by atoms with Crippen molar-refractivity contribution in [2.24, 2.45) is 5.92 Å². The first-order chi connectivity index (χ1) is 6.36. The highest BCUT2D eigenvalue weighted by atomic mass is 16.4. The Hall–Kier alpha value is -0.640. The Labute approximate surface area is 81.6 Å². The predicted octanol–water partition coefficient (Wildman–Crippen LogP) is -2.56. The van der Waals surface area contributed by atoms with E-state index in [0.29, 0.717) is 0 Å². The molecule has 0 saturated heterocycles. The summed E-state index contributed by atoms with van der Waals surface area (Å²) in [6.45, 7) is 1.42. The zero-order valence-corrected chi connectivity index (χ0v) is 7.70. The summed E-state index contributed by atoms with van der Waals surface area (Å²) in [7, 11) is 0. The van der Waals surface area contributed by atoms with E-state index in [1.165, 1.54) is 6.92 Å². The van der Waals surface area contributed by atoms with Crippen molar-refractivity contribution < 1.29 is 25.5 Å². The second-order valence-corrected chi connectivity index (χ2v) is 3.70. The van der Waals surface area contributed by atoms with Crippen molar-refractivity contribution >= 4 is 0 Å². The van der Waals surface area contributed by atoms with Crippen molar-refractivity contribution in [1.29, 1.82) is 0 Å². The van der Waals surface area contributed by atoms with Gasteiger partial charge in [-0.1, -0.05) is 12.8 Å². The van der Waals surface area contributed by atoms with Crippen molar-refractivity contribution in [2.75, 3.05) is 0 Å². The van der Waals surface area contributed by atoms with Crippen LogP contribution < -0.4 is 0 Å². The zero-order valence-electron chi connectivity index (χ0n) is 7.70. The highest BCUT2D eigenvalue weighted by molar-refractivity contribution is 5.21. The first-order valence-electron chi connectivity index (χ1n) is 4.28. The SMILES string of the molecule is C#C[C@@]1(O)[C@H](O)[C@@H](O)[C@H](O)[C@@H](C)[C@@H]1O. The van der Waals surface area contributed by atoms with Crippen LogP contribution >= 0.6 is 0 Å². The number of rotatable bonds is 0. The standard InChI is InChI=1S/C9H14O5/c1-3-9(14)7(12)4(2)5(10)6(11)8(9)13/h1,4-8,10-14H,2H3/t4-,5-,6+,7+,8-,9+/m1/s1. The van der Waals surface area contributed by atoms with Crippen LogP contribution in [0.4, 0.5) is 0 Å². The maximum absolute atomic E-state index is 9.67. The summed E-state index contributed by atoms with van der Waals surface area (Å²) in [5.74, 6) is 1.03. The minimum Gasteiger partial charge on any atom is -0.390 e. The van der Waals surface area contributed by atoms with E-state index in [2.05, 4.69) is 0 Å². The molecule has 1 aliphatic rings. The number of aliphatic hydroxyl groups is 5. The minimum atomic E-state index is -2.21. The molecule has 1 rings (SSSR count). The van der Waals surface area contributed by atoms with E-state index in [1.807, 2.05) is 5.92 Å². The summed E-state index contributed by atoms with van der Waals surface area (Å²) in [6.07, 6.45) is -1.12. The van der Waals surface area contributed by atoms with E-state index < -0.39 is 35.9 Å². The fraction of sp³-hybridized carbons (Fsp3) is 0.778. The molecular formula is C9H14O5. The van der Waals surface area contributed by atoms with Crippen molar-refractivity contribution in [1.82, 2.24) is 0 Å². The van der Waals surface area contributed by atoms with Gasteiger partial charge in [-0.2, -0.15) is 0 Å². The van der Waals surface area contributed by atoms with Gasteiger partial charge in [0.05, 0.1) is 6.10 Å². The predicted molar refractivity (Wildman–Crippen MR) is 47.0 cm³/mol. The van der Waals surface area contributed by atoms with Crippen molar-refractivity contribution in [3.63, 3.8) is 0 Å². The van der Waals surface area contributed by atoms with Crippen molar-refractivity contribution in [3.05, 3.63) is 0 Å². The third-order valence-electron chi connectivity index (χ3n) is 2.84. The third kappa shape index (κ3) is 1.32. The Morgan fingerprint density at radius 1 is 1.07 bits per heavy atom. The molecule has 14 heavy (non-hydrogen) atoms. The van der Waals surface area contributed by atoms with Crippen LogP contribution in [0.1, 0.15) is 6.92 Å². The zero-order chi connectivity index (χ0) is 11.1. The topological polar surface area (TPSA) is 101 Å². The molecule has 80 valence electrons. The molecule has 0 radical (unpaired) electrons. The van der Waals surface area contributed by atoms with Crippen LogP contribution in [0.2, 0.25) is 0 Å². The Bertz CT molecular complexity index is 242. The third-order valence-corrected chi connectivity index (χ3v) is 2.84. The molecular weight excluding hydrogens is 188 g/mol. The molecule has 0 aliphatic heterocycles. The van der Waals surface area contributed by atoms with Gasteiger partial charge in [0.1, 0.15) is 18.3 Å². The van der Waals surface area contributed by atoms with Gasteiger partial charge in [0, 0.05) is 5.92 Å². The van der Waals surface area contributed by atoms with Crippen LogP contribution in [0.15, 0.2) is 0 Å². The molecule has 5 heteroatoms. The summed E-state index contributed by atoms with van der Waals surface area (Å²) in [5.41, 5.74) is -2.21. The smallest absolute Gasteiger partial charge is 0.179 e. The Morgan fingerprint density at radius 3 is 2.00 bits per heavy atom. The van der Waals surface area contributed by atoms with Gasteiger partial charge in [0.25, 0.3) is 0 Å². The van der Waals surface area contributed by atoms with Gasteiger partial charge < -0.3 is 25.5 Å². The van der Waals surface area contributed by atoms with Crippen LogP contribution in [0.5, 0.6) is 0 Å². The van der Waals surface area contributed by atoms with Crippen molar-refractivity contribution in [2.45, 2.75) is 36.9 Å². The lowest BCUT2D eigenvalue weighted by Gasteiger charge is -2.45. The molecule has 1 aliphatic carbocycles. The maximum atomic E-state index is 9.67. The van der Waals surface area contributed by atoms with Gasteiger partial charge in [-0.25, -0.2) is 0 Å². The lowest BCUT2D eigenvalue weighted by molar-refractivity contribution is -0.227. The molecule has 0 bridgehead atoms. The Kier molecular flexibility index (Phi) is 2.86. The van der Waals surface area contributed by atoms with Crippen LogP contribution in [0.3, 0.4) is 0 Å². The minimum absolute atomic E-state index is 0.811. The summed E-state index contributed by atoms with van der Waals surface area (Å²) in [6, 6.07) is 0. The molecule has 0 aromatic carbocycles. The quantitative estimate of drug-likeness (QED) is 0.278. The van der Waals surface area contributed by atoms with E-state index in [4.69, 9.17) is 6.42 Å². The van der Waals surface area contributed by atoms with E-state index in [0.717, 1.165) is 0 Å². The highest BCUT2D eigenvalue weighted by Gasteiger charge is 2.55. The summed E-state index contributed by atoms with van der Waals surface area (Å²) >= 11 is 0. The van der Waals surface area contributed by atoms with E-state index in [1.54, 1.807) is 0 Å².